The number of aromatic nitrogens is 1. The molecular formula is C39H40N+. The molecule has 0 radical (unpaired) electrons. The summed E-state index contributed by atoms with van der Waals surface area (Å²) >= 11 is 0. The van der Waals surface area contributed by atoms with Gasteiger partial charge in [-0.3, -0.25) is 0 Å². The van der Waals surface area contributed by atoms with Gasteiger partial charge in [-0.1, -0.05) is 118 Å². The van der Waals surface area contributed by atoms with Crippen LogP contribution in [0.5, 0.6) is 0 Å². The molecule has 0 bridgehead atoms. The van der Waals surface area contributed by atoms with Gasteiger partial charge in [-0.25, -0.2) is 0 Å². The minimum atomic E-state index is 0.142. The smallest absolute Gasteiger partial charge is 0.194 e. The Morgan fingerprint density at radius 1 is 0.675 bits per heavy atom. The lowest BCUT2D eigenvalue weighted by Gasteiger charge is -2.34. The molecule has 6 rings (SSSR count). The van der Waals surface area contributed by atoms with Gasteiger partial charge in [0.25, 0.3) is 0 Å². The van der Waals surface area contributed by atoms with E-state index in [0.29, 0.717) is 0 Å². The molecule has 0 aliphatic rings. The Morgan fingerprint density at radius 3 is 1.98 bits per heavy atom. The highest BCUT2D eigenvalue weighted by molar-refractivity contribution is 6.13. The minimum absolute atomic E-state index is 0.142. The van der Waals surface area contributed by atoms with Crippen molar-refractivity contribution in [3.05, 3.63) is 114 Å². The van der Waals surface area contributed by atoms with Crippen LogP contribution in [0.4, 0.5) is 0 Å². The molecule has 0 unspecified atom stereocenters. The summed E-state index contributed by atoms with van der Waals surface area (Å²) in [6.07, 6.45) is 4.64. The number of rotatable bonds is 7. The Morgan fingerprint density at radius 2 is 1.30 bits per heavy atom. The van der Waals surface area contributed by atoms with Gasteiger partial charge in [0.15, 0.2) is 0 Å². The molecule has 0 amide bonds. The second-order valence-electron chi connectivity index (χ2n) is 11.5. The van der Waals surface area contributed by atoms with Crippen LogP contribution < -0.4 is 4.57 Å². The summed E-state index contributed by atoms with van der Waals surface area (Å²) in [5, 5.41) is 6.54. The second-order valence-corrected chi connectivity index (χ2v) is 11.5. The highest BCUT2D eigenvalue weighted by atomic mass is 14.9. The Kier molecular flexibility index (Phi) is 6.92. The van der Waals surface area contributed by atoms with Gasteiger partial charge in [0.05, 0.1) is 10.9 Å². The lowest BCUT2D eigenvalue weighted by molar-refractivity contribution is -0.633. The number of nitrogens with zero attached hydrogens (tertiary/aromatic N) is 1. The van der Waals surface area contributed by atoms with Gasteiger partial charge < -0.3 is 0 Å². The number of fused-ring (bicyclic) bond motifs is 4. The van der Waals surface area contributed by atoms with Crippen LogP contribution in [-0.4, -0.2) is 0 Å². The number of benzene rings is 5. The quantitative estimate of drug-likeness (QED) is 0.145. The van der Waals surface area contributed by atoms with Crippen LogP contribution in [0.15, 0.2) is 103 Å². The maximum Gasteiger partial charge on any atom is 0.214 e. The van der Waals surface area contributed by atoms with Crippen LogP contribution in [0, 0.1) is 6.92 Å². The molecule has 40 heavy (non-hydrogen) atoms. The number of pyridine rings is 1. The highest BCUT2D eigenvalue weighted by Crippen LogP contribution is 2.45. The Balaban J connectivity index is 1.80. The monoisotopic (exact) mass is 522 g/mol. The van der Waals surface area contributed by atoms with Gasteiger partial charge in [0.2, 0.25) is 11.2 Å². The molecular weight excluding hydrogens is 482 g/mol. The van der Waals surface area contributed by atoms with Crippen molar-refractivity contribution in [3.63, 3.8) is 0 Å². The first-order valence-corrected chi connectivity index (χ1v) is 15.0. The average Bonchev–Trinajstić information content (AvgIpc) is 3.00. The minimum Gasteiger partial charge on any atom is -0.194 e. The molecule has 0 aliphatic heterocycles. The van der Waals surface area contributed by atoms with Gasteiger partial charge in [-0.05, 0) is 70.3 Å². The summed E-state index contributed by atoms with van der Waals surface area (Å²) < 4.78 is 2.45. The molecule has 1 aromatic heterocycles. The van der Waals surface area contributed by atoms with E-state index < -0.39 is 0 Å². The highest BCUT2D eigenvalue weighted by Gasteiger charge is 2.34. The van der Waals surface area contributed by atoms with Crippen LogP contribution in [-0.2, 0) is 12.5 Å². The van der Waals surface area contributed by atoms with Crippen LogP contribution >= 0.6 is 0 Å². The van der Waals surface area contributed by atoms with E-state index in [1.165, 1.54) is 78.8 Å². The molecule has 0 atom stereocenters. The summed E-state index contributed by atoms with van der Waals surface area (Å²) in [5.41, 5.74) is 9.42. The fourth-order valence-electron chi connectivity index (χ4n) is 7.05. The molecule has 0 saturated heterocycles. The normalized spacial score (nSPS) is 12.0. The Labute approximate surface area is 239 Å². The number of hydrogen-bond acceptors (Lipinski definition) is 0. The molecule has 0 N–H and O–H groups in total. The summed E-state index contributed by atoms with van der Waals surface area (Å²) in [7, 11) is 2.26. The fraction of sp³-hybridized carbons (Fsp3) is 0.256. The van der Waals surface area contributed by atoms with Gasteiger partial charge in [0.1, 0.15) is 7.05 Å². The summed E-state index contributed by atoms with van der Waals surface area (Å²) in [6, 6.07) is 38.7. The van der Waals surface area contributed by atoms with E-state index in [4.69, 9.17) is 0 Å². The van der Waals surface area contributed by atoms with E-state index in [9.17, 15) is 0 Å². The van der Waals surface area contributed by atoms with E-state index in [-0.39, 0.29) is 5.41 Å². The van der Waals surface area contributed by atoms with E-state index in [2.05, 4.69) is 142 Å². The largest absolute Gasteiger partial charge is 0.214 e. The number of aryl methyl sites for hydroxylation is 2. The van der Waals surface area contributed by atoms with E-state index in [1.807, 2.05) is 0 Å². The van der Waals surface area contributed by atoms with Crippen molar-refractivity contribution in [1.82, 2.24) is 0 Å². The van der Waals surface area contributed by atoms with Crippen LogP contribution in [0.2, 0.25) is 0 Å². The molecule has 0 saturated carbocycles. The fourth-order valence-corrected chi connectivity index (χ4v) is 7.05. The standard InChI is InChI=1S/C39H40N/c1-6-25-39(7-2,8-3)34-23-21-28-13-10-12-16-32(28)38(34)36-26-33(30-19-17-27(4)18-20-30)37-31-15-11-9-14-29(31)22-24-35(37)40(36)5/h9-24,26H,6-8,25H2,1-5H3/q+1. The zero-order valence-corrected chi connectivity index (χ0v) is 24.6. The third kappa shape index (κ3) is 4.20. The zero-order chi connectivity index (χ0) is 27.9. The van der Waals surface area contributed by atoms with Gasteiger partial charge in [-0.2, -0.15) is 4.57 Å². The van der Waals surface area contributed by atoms with E-state index in [1.54, 1.807) is 0 Å². The van der Waals surface area contributed by atoms with Gasteiger partial charge in [-0.15, -0.1) is 0 Å². The van der Waals surface area contributed by atoms with Gasteiger partial charge in [0, 0.05) is 17.7 Å². The predicted octanol–water partition coefficient (Wildman–Crippen LogP) is 10.5. The summed E-state index contributed by atoms with van der Waals surface area (Å²) in [5.74, 6) is 0. The third-order valence-corrected chi connectivity index (χ3v) is 9.38. The third-order valence-electron chi connectivity index (χ3n) is 9.38. The lowest BCUT2D eigenvalue weighted by Crippen LogP contribution is -2.34. The van der Waals surface area contributed by atoms with Crippen LogP contribution in [0.1, 0.15) is 57.6 Å². The molecule has 1 heterocycles. The molecule has 0 aliphatic carbocycles. The molecule has 1 heteroatoms. The van der Waals surface area contributed by atoms with Crippen molar-refractivity contribution in [2.45, 2.75) is 58.8 Å². The van der Waals surface area contributed by atoms with Crippen molar-refractivity contribution in [2.75, 3.05) is 0 Å². The van der Waals surface area contributed by atoms with Crippen LogP contribution in [0.3, 0.4) is 0 Å². The first kappa shape index (κ1) is 26.3. The van der Waals surface area contributed by atoms with Crippen molar-refractivity contribution in [3.8, 4) is 22.4 Å². The Hall–Kier alpha value is -3.97. The average molecular weight is 523 g/mol. The summed E-state index contributed by atoms with van der Waals surface area (Å²) in [4.78, 5) is 0. The van der Waals surface area contributed by atoms with Crippen molar-refractivity contribution in [1.29, 1.82) is 0 Å². The maximum absolute atomic E-state index is 2.48. The first-order valence-electron chi connectivity index (χ1n) is 15.0. The predicted molar refractivity (Wildman–Crippen MR) is 173 cm³/mol. The maximum atomic E-state index is 2.48. The molecule has 1 nitrogen and oxygen atoms in total. The van der Waals surface area contributed by atoms with Crippen molar-refractivity contribution >= 4 is 32.4 Å². The molecule has 6 aromatic rings. The van der Waals surface area contributed by atoms with Crippen LogP contribution in [0.25, 0.3) is 54.8 Å². The molecule has 0 fully saturated rings. The Bertz CT molecular complexity index is 1840. The second kappa shape index (κ2) is 10.5. The lowest BCUT2D eigenvalue weighted by atomic mass is 9.69. The van der Waals surface area contributed by atoms with Crippen molar-refractivity contribution < 1.29 is 4.57 Å². The molecule has 0 spiro atoms. The number of hydrogen-bond donors (Lipinski definition) is 0. The molecule has 200 valence electrons. The topological polar surface area (TPSA) is 3.88 Å². The van der Waals surface area contributed by atoms with Gasteiger partial charge >= 0.3 is 0 Å². The van der Waals surface area contributed by atoms with E-state index >= 15 is 0 Å². The summed E-state index contributed by atoms with van der Waals surface area (Å²) in [6.45, 7) is 9.25. The molecule has 5 aromatic carbocycles. The van der Waals surface area contributed by atoms with E-state index in [0.717, 1.165) is 12.8 Å². The zero-order valence-electron chi connectivity index (χ0n) is 24.6. The van der Waals surface area contributed by atoms with Crippen molar-refractivity contribution in [2.24, 2.45) is 7.05 Å². The SMILES string of the molecule is CCCC(CC)(CC)c1ccc2ccccc2c1-c1cc(-c2ccc(C)cc2)c2c3ccccc3ccc2[n+]1C. The first-order chi connectivity index (χ1) is 19.5.